The highest BCUT2D eigenvalue weighted by molar-refractivity contribution is 5.93. The van der Waals surface area contributed by atoms with Crippen LogP contribution in [0.2, 0.25) is 0 Å². The molecule has 4 heteroatoms. The number of hydrogen-bond donors (Lipinski definition) is 1. The van der Waals surface area contributed by atoms with Gasteiger partial charge in [-0.15, -0.1) is 0 Å². The molecule has 4 nitrogen and oxygen atoms in total. The first kappa shape index (κ1) is 18.8. The fourth-order valence-corrected chi connectivity index (χ4v) is 3.11. The lowest BCUT2D eigenvalue weighted by Crippen LogP contribution is -2.10. The van der Waals surface area contributed by atoms with Crippen LogP contribution in [0, 0.1) is 20.8 Å². The van der Waals surface area contributed by atoms with Gasteiger partial charge in [-0.25, -0.2) is 4.79 Å². The van der Waals surface area contributed by atoms with E-state index in [1.807, 2.05) is 51.1 Å². The van der Waals surface area contributed by atoms with E-state index in [-0.39, 0.29) is 5.56 Å². The maximum Gasteiger partial charge on any atom is 0.339 e. The van der Waals surface area contributed by atoms with Gasteiger partial charge in [-0.3, -0.25) is 0 Å². The van der Waals surface area contributed by atoms with Gasteiger partial charge in [0.1, 0.15) is 17.1 Å². The highest BCUT2D eigenvalue weighted by atomic mass is 16.5. The van der Waals surface area contributed by atoms with Gasteiger partial charge in [0.2, 0.25) is 0 Å². The van der Waals surface area contributed by atoms with E-state index in [0.29, 0.717) is 25.4 Å². The maximum absolute atomic E-state index is 11.6. The highest BCUT2D eigenvalue weighted by Crippen LogP contribution is 2.28. The maximum atomic E-state index is 11.6. The second-order valence-corrected chi connectivity index (χ2v) is 6.68. The smallest absolute Gasteiger partial charge is 0.339 e. The van der Waals surface area contributed by atoms with E-state index in [0.717, 1.165) is 27.8 Å². The zero-order chi connectivity index (χ0) is 19.4. The van der Waals surface area contributed by atoms with Gasteiger partial charge in [-0.05, 0) is 66.4 Å². The highest BCUT2D eigenvalue weighted by Gasteiger charge is 2.17. The third-order valence-corrected chi connectivity index (χ3v) is 4.87. The van der Waals surface area contributed by atoms with Gasteiger partial charge in [0.25, 0.3) is 0 Å². The lowest BCUT2D eigenvalue weighted by Gasteiger charge is -2.15. The standard InChI is InChI=1S/C23H24O4/c1-15-13-21(22(23(24)25)17(3)16(15)2)27-12-6-11-26-20-10-9-18-7-4-5-8-19(18)14-20/h4-5,7-10,13-14H,6,11-12H2,1-3H3,(H,24,25). The van der Waals surface area contributed by atoms with Gasteiger partial charge in [0, 0.05) is 6.42 Å². The minimum atomic E-state index is -0.960. The Balaban J connectivity index is 1.58. The van der Waals surface area contributed by atoms with Crippen molar-refractivity contribution in [3.63, 3.8) is 0 Å². The molecule has 0 aliphatic carbocycles. The minimum Gasteiger partial charge on any atom is -0.493 e. The number of aromatic carboxylic acids is 1. The Kier molecular flexibility index (Phi) is 5.65. The van der Waals surface area contributed by atoms with Crippen molar-refractivity contribution >= 4 is 16.7 Å². The molecule has 0 unspecified atom stereocenters. The predicted octanol–water partition coefficient (Wildman–Crippen LogP) is 5.31. The summed E-state index contributed by atoms with van der Waals surface area (Å²) in [6.07, 6.45) is 0.665. The van der Waals surface area contributed by atoms with Crippen LogP contribution in [-0.4, -0.2) is 24.3 Å². The average Bonchev–Trinajstić information content (AvgIpc) is 2.65. The van der Waals surface area contributed by atoms with Crippen molar-refractivity contribution in [2.24, 2.45) is 0 Å². The number of carbonyl (C=O) groups is 1. The third-order valence-electron chi connectivity index (χ3n) is 4.87. The van der Waals surface area contributed by atoms with Crippen LogP contribution in [0.4, 0.5) is 0 Å². The molecular weight excluding hydrogens is 340 g/mol. The molecule has 0 spiro atoms. The molecule has 0 aliphatic heterocycles. The molecule has 0 fully saturated rings. The topological polar surface area (TPSA) is 55.8 Å². The SMILES string of the molecule is Cc1cc(OCCCOc2ccc3ccccc3c2)c(C(=O)O)c(C)c1C. The largest absolute Gasteiger partial charge is 0.493 e. The van der Waals surface area contributed by atoms with Crippen LogP contribution >= 0.6 is 0 Å². The van der Waals surface area contributed by atoms with E-state index in [9.17, 15) is 9.90 Å². The van der Waals surface area contributed by atoms with Crippen LogP contribution < -0.4 is 9.47 Å². The summed E-state index contributed by atoms with van der Waals surface area (Å²) in [7, 11) is 0. The Morgan fingerprint density at radius 3 is 2.33 bits per heavy atom. The van der Waals surface area contributed by atoms with Gasteiger partial charge in [0.05, 0.1) is 13.2 Å². The lowest BCUT2D eigenvalue weighted by molar-refractivity contribution is 0.0691. The predicted molar refractivity (Wildman–Crippen MR) is 107 cm³/mol. The second kappa shape index (κ2) is 8.12. The summed E-state index contributed by atoms with van der Waals surface area (Å²) in [4.78, 5) is 11.6. The van der Waals surface area contributed by atoms with Crippen molar-refractivity contribution in [3.05, 3.63) is 70.8 Å². The molecule has 0 radical (unpaired) electrons. The van der Waals surface area contributed by atoms with Crippen molar-refractivity contribution in [2.75, 3.05) is 13.2 Å². The number of rotatable bonds is 7. The zero-order valence-corrected chi connectivity index (χ0v) is 15.9. The summed E-state index contributed by atoms with van der Waals surface area (Å²) < 4.78 is 11.6. The summed E-state index contributed by atoms with van der Waals surface area (Å²) in [6, 6.07) is 16.0. The molecule has 3 aromatic carbocycles. The lowest BCUT2D eigenvalue weighted by atomic mass is 9.98. The van der Waals surface area contributed by atoms with E-state index in [2.05, 4.69) is 12.1 Å². The van der Waals surface area contributed by atoms with Crippen LogP contribution in [0.15, 0.2) is 48.5 Å². The zero-order valence-electron chi connectivity index (χ0n) is 15.9. The molecule has 27 heavy (non-hydrogen) atoms. The number of benzene rings is 3. The molecule has 3 aromatic rings. The molecular formula is C23H24O4. The summed E-state index contributed by atoms with van der Waals surface area (Å²) in [5, 5.41) is 11.8. The molecule has 0 heterocycles. The number of hydrogen-bond acceptors (Lipinski definition) is 3. The Labute approximate surface area is 159 Å². The second-order valence-electron chi connectivity index (χ2n) is 6.68. The van der Waals surface area contributed by atoms with Crippen LogP contribution in [0.5, 0.6) is 11.5 Å². The molecule has 3 rings (SSSR count). The van der Waals surface area contributed by atoms with Gasteiger partial charge in [-0.1, -0.05) is 30.3 Å². The first-order valence-corrected chi connectivity index (χ1v) is 9.06. The van der Waals surface area contributed by atoms with Gasteiger partial charge >= 0.3 is 5.97 Å². The molecule has 0 aromatic heterocycles. The van der Waals surface area contributed by atoms with Crippen LogP contribution in [0.1, 0.15) is 33.5 Å². The van der Waals surface area contributed by atoms with Crippen molar-refractivity contribution in [1.82, 2.24) is 0 Å². The molecule has 0 saturated carbocycles. The fourth-order valence-electron chi connectivity index (χ4n) is 3.11. The van der Waals surface area contributed by atoms with E-state index < -0.39 is 5.97 Å². The van der Waals surface area contributed by atoms with E-state index in [1.165, 1.54) is 5.39 Å². The first-order chi connectivity index (χ1) is 13.0. The number of fused-ring (bicyclic) bond motifs is 1. The van der Waals surface area contributed by atoms with Gasteiger partial charge in [0.15, 0.2) is 0 Å². The monoisotopic (exact) mass is 364 g/mol. The van der Waals surface area contributed by atoms with Gasteiger partial charge in [-0.2, -0.15) is 0 Å². The summed E-state index contributed by atoms with van der Waals surface area (Å²) in [5.41, 5.74) is 3.01. The number of carboxylic acid groups (broad SMARTS) is 1. The summed E-state index contributed by atoms with van der Waals surface area (Å²) in [5.74, 6) is 0.286. The van der Waals surface area contributed by atoms with Gasteiger partial charge < -0.3 is 14.6 Å². The number of carboxylic acids is 1. The molecule has 0 saturated heterocycles. The average molecular weight is 364 g/mol. The Bertz CT molecular complexity index is 976. The number of aryl methyl sites for hydroxylation is 1. The molecule has 1 N–H and O–H groups in total. The van der Waals surface area contributed by atoms with Crippen LogP contribution in [0.3, 0.4) is 0 Å². The van der Waals surface area contributed by atoms with Crippen molar-refractivity contribution in [1.29, 1.82) is 0 Å². The molecule has 0 atom stereocenters. The van der Waals surface area contributed by atoms with E-state index >= 15 is 0 Å². The Hall–Kier alpha value is -3.01. The normalized spacial score (nSPS) is 10.8. The fraction of sp³-hybridized carbons (Fsp3) is 0.261. The molecule has 0 aliphatic rings. The molecule has 0 bridgehead atoms. The molecule has 0 amide bonds. The Morgan fingerprint density at radius 2 is 1.59 bits per heavy atom. The minimum absolute atomic E-state index is 0.244. The van der Waals surface area contributed by atoms with E-state index in [4.69, 9.17) is 9.47 Å². The Morgan fingerprint density at radius 1 is 0.889 bits per heavy atom. The summed E-state index contributed by atoms with van der Waals surface area (Å²) >= 11 is 0. The van der Waals surface area contributed by atoms with Crippen LogP contribution in [-0.2, 0) is 0 Å². The van der Waals surface area contributed by atoms with Crippen molar-refractivity contribution < 1.29 is 19.4 Å². The first-order valence-electron chi connectivity index (χ1n) is 9.06. The molecule has 140 valence electrons. The third kappa shape index (κ3) is 4.22. The summed E-state index contributed by atoms with van der Waals surface area (Å²) in [6.45, 7) is 6.61. The quantitative estimate of drug-likeness (QED) is 0.577. The number of ether oxygens (including phenoxy) is 2. The van der Waals surface area contributed by atoms with Crippen LogP contribution in [0.25, 0.3) is 10.8 Å². The van der Waals surface area contributed by atoms with E-state index in [1.54, 1.807) is 6.07 Å². The van der Waals surface area contributed by atoms with Crippen molar-refractivity contribution in [2.45, 2.75) is 27.2 Å². The van der Waals surface area contributed by atoms with Crippen molar-refractivity contribution in [3.8, 4) is 11.5 Å².